The summed E-state index contributed by atoms with van der Waals surface area (Å²) in [7, 11) is 1.84. The first kappa shape index (κ1) is 16.7. The Bertz CT molecular complexity index is 1110. The second kappa shape index (κ2) is 6.05. The predicted molar refractivity (Wildman–Crippen MR) is 104 cm³/mol. The highest BCUT2D eigenvalue weighted by atomic mass is 16.5. The summed E-state index contributed by atoms with van der Waals surface area (Å²) in [5, 5.41) is 10.1. The van der Waals surface area contributed by atoms with Gasteiger partial charge in [-0.25, -0.2) is 4.79 Å². The lowest BCUT2D eigenvalue weighted by molar-refractivity contribution is 0.0645. The molecule has 0 spiro atoms. The molecule has 2 aromatic heterocycles. The van der Waals surface area contributed by atoms with Crippen molar-refractivity contribution in [3.63, 3.8) is 0 Å². The maximum absolute atomic E-state index is 12.5. The van der Waals surface area contributed by atoms with Gasteiger partial charge in [-0.3, -0.25) is 4.79 Å². The van der Waals surface area contributed by atoms with Crippen molar-refractivity contribution in [2.24, 2.45) is 7.05 Å². The lowest BCUT2D eigenvalue weighted by atomic mass is 10.1. The van der Waals surface area contributed by atoms with Gasteiger partial charge in [0, 0.05) is 43.5 Å². The van der Waals surface area contributed by atoms with Crippen molar-refractivity contribution in [2.75, 3.05) is 31.1 Å². The molecule has 2 aliphatic heterocycles. The van der Waals surface area contributed by atoms with Gasteiger partial charge >= 0.3 is 5.97 Å². The molecule has 8 heteroatoms. The number of nitrogens with one attached hydrogen (secondary N) is 1. The minimum atomic E-state index is -0.939. The quantitative estimate of drug-likeness (QED) is 0.729. The Morgan fingerprint density at radius 3 is 2.71 bits per heavy atom. The lowest BCUT2D eigenvalue weighted by Gasteiger charge is -2.30. The van der Waals surface area contributed by atoms with Gasteiger partial charge in [-0.1, -0.05) is 0 Å². The van der Waals surface area contributed by atoms with Gasteiger partial charge in [-0.15, -0.1) is 0 Å². The van der Waals surface area contributed by atoms with E-state index in [0.29, 0.717) is 30.0 Å². The number of H-pyrrole nitrogens is 1. The highest BCUT2D eigenvalue weighted by Gasteiger charge is 2.28. The topological polar surface area (TPSA) is 90.8 Å². The molecule has 0 atom stereocenters. The number of fused-ring (bicyclic) bond motifs is 2. The van der Waals surface area contributed by atoms with Crippen LogP contribution in [-0.2, 0) is 7.05 Å². The number of benzene rings is 1. The first-order valence-corrected chi connectivity index (χ1v) is 9.28. The number of likely N-dealkylation sites (tertiary alicyclic amines) is 1. The number of carboxylic acid groups (broad SMARTS) is 1. The van der Waals surface area contributed by atoms with Gasteiger partial charge in [0.05, 0.1) is 17.6 Å². The largest absolute Gasteiger partial charge is 0.488 e. The molecule has 3 aromatic rings. The van der Waals surface area contributed by atoms with E-state index in [9.17, 15) is 14.7 Å². The predicted octanol–water partition coefficient (Wildman–Crippen LogP) is 2.58. The molecular formula is C20H20N4O4. The van der Waals surface area contributed by atoms with E-state index >= 15 is 0 Å². The second-order valence-electron chi connectivity index (χ2n) is 7.20. The van der Waals surface area contributed by atoms with Crippen LogP contribution in [-0.4, -0.2) is 57.7 Å². The number of nitrogens with zero attached hydrogens (tertiary/aromatic N) is 3. The Labute approximate surface area is 160 Å². The summed E-state index contributed by atoms with van der Waals surface area (Å²) in [6, 6.07) is 7.47. The minimum Gasteiger partial charge on any atom is -0.488 e. The van der Waals surface area contributed by atoms with Gasteiger partial charge in [0.2, 0.25) is 0 Å². The maximum Gasteiger partial charge on any atom is 0.337 e. The number of hydrogen-bond donors (Lipinski definition) is 2. The SMILES string of the molecule is Cn1cc(C(=O)O)c2ccc(N3CCOc4cc(C(=O)N5CCC5)[nH]c43)cc21. The van der Waals surface area contributed by atoms with E-state index < -0.39 is 5.97 Å². The molecule has 0 aliphatic carbocycles. The van der Waals surface area contributed by atoms with E-state index in [1.807, 2.05) is 34.7 Å². The van der Waals surface area contributed by atoms with E-state index in [1.165, 1.54) is 0 Å². The van der Waals surface area contributed by atoms with Crippen LogP contribution in [0.2, 0.25) is 0 Å². The molecule has 0 saturated carbocycles. The summed E-state index contributed by atoms with van der Waals surface area (Å²) >= 11 is 0. The van der Waals surface area contributed by atoms with Crippen molar-refractivity contribution in [3.8, 4) is 5.75 Å². The van der Waals surface area contributed by atoms with E-state index in [2.05, 4.69) is 9.88 Å². The van der Waals surface area contributed by atoms with Gasteiger partial charge < -0.3 is 29.2 Å². The number of carbonyl (C=O) groups excluding carboxylic acids is 1. The summed E-state index contributed by atoms with van der Waals surface area (Å²) < 4.78 is 7.57. The molecule has 8 nitrogen and oxygen atoms in total. The van der Waals surface area contributed by atoms with Gasteiger partial charge in [0.15, 0.2) is 11.6 Å². The molecule has 4 heterocycles. The summed E-state index contributed by atoms with van der Waals surface area (Å²) in [4.78, 5) is 31.1. The molecule has 1 saturated heterocycles. The molecular weight excluding hydrogens is 360 g/mol. The van der Waals surface area contributed by atoms with Crippen LogP contribution in [0, 0.1) is 0 Å². The number of anilines is 2. The molecule has 1 amide bonds. The highest BCUT2D eigenvalue weighted by molar-refractivity contribution is 6.04. The summed E-state index contributed by atoms with van der Waals surface area (Å²) in [5.41, 5.74) is 2.57. The second-order valence-corrected chi connectivity index (χ2v) is 7.20. The number of ether oxygens (including phenoxy) is 1. The molecule has 0 bridgehead atoms. The fraction of sp³-hybridized carbons (Fsp3) is 0.300. The van der Waals surface area contributed by atoms with Crippen molar-refractivity contribution in [2.45, 2.75) is 6.42 Å². The molecule has 1 fully saturated rings. The van der Waals surface area contributed by atoms with Crippen LogP contribution in [0.3, 0.4) is 0 Å². The van der Waals surface area contributed by atoms with Crippen LogP contribution in [0.1, 0.15) is 27.3 Å². The Morgan fingerprint density at radius 1 is 1.18 bits per heavy atom. The molecule has 2 aliphatic rings. The van der Waals surface area contributed by atoms with Crippen molar-refractivity contribution in [3.05, 3.63) is 41.7 Å². The van der Waals surface area contributed by atoms with Crippen LogP contribution in [0.5, 0.6) is 5.75 Å². The van der Waals surface area contributed by atoms with Crippen molar-refractivity contribution >= 4 is 34.3 Å². The van der Waals surface area contributed by atoms with Gasteiger partial charge in [-0.05, 0) is 24.6 Å². The summed E-state index contributed by atoms with van der Waals surface area (Å²) in [6.45, 7) is 2.73. The third-order valence-electron chi connectivity index (χ3n) is 5.49. The number of carboxylic acids is 1. The maximum atomic E-state index is 12.5. The molecule has 28 heavy (non-hydrogen) atoms. The zero-order valence-corrected chi connectivity index (χ0v) is 15.4. The third-order valence-corrected chi connectivity index (χ3v) is 5.49. The Kier molecular flexibility index (Phi) is 3.61. The fourth-order valence-electron chi connectivity index (χ4n) is 3.87. The van der Waals surface area contributed by atoms with Crippen molar-refractivity contribution in [1.82, 2.24) is 14.5 Å². The standard InChI is InChI=1S/C20H20N4O4/c1-22-11-14(20(26)27)13-4-3-12(9-16(13)22)24-7-8-28-17-10-15(21-18(17)24)19(25)23-5-2-6-23/h3-4,9-11,21H,2,5-8H2,1H3,(H,26,27). The zero-order chi connectivity index (χ0) is 19.4. The number of aryl methyl sites for hydroxylation is 1. The fourth-order valence-corrected chi connectivity index (χ4v) is 3.87. The molecule has 144 valence electrons. The van der Waals surface area contributed by atoms with E-state index in [1.54, 1.807) is 12.3 Å². The van der Waals surface area contributed by atoms with E-state index in [-0.39, 0.29) is 11.5 Å². The zero-order valence-electron chi connectivity index (χ0n) is 15.4. The number of aromatic amines is 1. The van der Waals surface area contributed by atoms with E-state index in [4.69, 9.17) is 4.74 Å². The number of aromatic nitrogens is 2. The van der Waals surface area contributed by atoms with Crippen LogP contribution in [0.25, 0.3) is 10.9 Å². The lowest BCUT2D eigenvalue weighted by Crippen LogP contribution is -2.42. The Balaban J connectivity index is 1.54. The number of carbonyl (C=O) groups is 2. The Hall–Kier alpha value is -3.42. The molecule has 1 aromatic carbocycles. The average molecular weight is 380 g/mol. The van der Waals surface area contributed by atoms with Crippen LogP contribution < -0.4 is 9.64 Å². The Morgan fingerprint density at radius 2 is 2.00 bits per heavy atom. The molecule has 2 N–H and O–H groups in total. The monoisotopic (exact) mass is 380 g/mol. The average Bonchev–Trinajstić information content (AvgIpc) is 3.21. The van der Waals surface area contributed by atoms with Crippen LogP contribution in [0.4, 0.5) is 11.5 Å². The highest BCUT2D eigenvalue weighted by Crippen LogP contribution is 2.38. The van der Waals surface area contributed by atoms with Gasteiger partial charge in [-0.2, -0.15) is 0 Å². The number of rotatable bonds is 3. The molecule has 5 rings (SSSR count). The van der Waals surface area contributed by atoms with Crippen LogP contribution in [0.15, 0.2) is 30.5 Å². The normalized spacial score (nSPS) is 15.9. The smallest absolute Gasteiger partial charge is 0.337 e. The third kappa shape index (κ3) is 2.45. The van der Waals surface area contributed by atoms with Crippen molar-refractivity contribution in [1.29, 1.82) is 0 Å². The van der Waals surface area contributed by atoms with Gasteiger partial charge in [0.1, 0.15) is 12.3 Å². The molecule has 0 unspecified atom stereocenters. The van der Waals surface area contributed by atoms with Gasteiger partial charge in [0.25, 0.3) is 5.91 Å². The van der Waals surface area contributed by atoms with Crippen LogP contribution >= 0.6 is 0 Å². The number of amides is 1. The first-order chi connectivity index (χ1) is 13.5. The summed E-state index contributed by atoms with van der Waals surface area (Å²) in [6.07, 6.45) is 2.67. The van der Waals surface area contributed by atoms with E-state index in [0.717, 1.165) is 36.5 Å². The first-order valence-electron chi connectivity index (χ1n) is 9.28. The van der Waals surface area contributed by atoms with Crippen molar-refractivity contribution < 1.29 is 19.4 Å². The number of aromatic carboxylic acids is 1. The molecule has 0 radical (unpaired) electrons. The number of hydrogen-bond acceptors (Lipinski definition) is 4. The summed E-state index contributed by atoms with van der Waals surface area (Å²) in [5.74, 6) is 0.467. The minimum absolute atomic E-state index is 0.00631.